The number of carbonyl (C=O) groups is 1. The van der Waals surface area contributed by atoms with Gasteiger partial charge in [0.1, 0.15) is 6.10 Å². The van der Waals surface area contributed by atoms with E-state index in [1.807, 2.05) is 6.07 Å². The lowest BCUT2D eigenvalue weighted by atomic mass is 10.1. The van der Waals surface area contributed by atoms with Crippen molar-refractivity contribution in [3.8, 4) is 0 Å². The molecule has 0 aromatic heterocycles. The summed E-state index contributed by atoms with van der Waals surface area (Å²) in [6.07, 6.45) is -0.966. The molecule has 0 radical (unpaired) electrons. The number of amides is 1. The molecule has 7 heteroatoms. The largest absolute Gasteiger partial charge is 0.384 e. The van der Waals surface area contributed by atoms with Crippen LogP contribution in [-0.2, 0) is 11.3 Å². The maximum Gasteiger partial charge on any atom is 0.272 e. The zero-order valence-corrected chi connectivity index (χ0v) is 12.9. The third kappa shape index (κ3) is 3.80. The van der Waals surface area contributed by atoms with E-state index in [1.165, 1.54) is 6.92 Å². The van der Waals surface area contributed by atoms with Crippen LogP contribution in [0, 0.1) is 17.0 Å². The predicted molar refractivity (Wildman–Crippen MR) is 81.4 cm³/mol. The zero-order valence-electron chi connectivity index (χ0n) is 12.9. The van der Waals surface area contributed by atoms with Gasteiger partial charge in [0.15, 0.2) is 0 Å². The summed E-state index contributed by atoms with van der Waals surface area (Å²) in [5.41, 5.74) is 1.69. The lowest BCUT2D eigenvalue weighted by Crippen LogP contribution is -2.50. The van der Waals surface area contributed by atoms with E-state index in [0.29, 0.717) is 38.3 Å². The maximum absolute atomic E-state index is 11.7. The topological polar surface area (TPSA) is 86.9 Å². The van der Waals surface area contributed by atoms with E-state index in [-0.39, 0.29) is 16.5 Å². The summed E-state index contributed by atoms with van der Waals surface area (Å²) < 4.78 is 0. The molecule has 1 aliphatic rings. The lowest BCUT2D eigenvalue weighted by molar-refractivity contribution is -0.385. The van der Waals surface area contributed by atoms with E-state index >= 15 is 0 Å². The number of nitro benzene ring substituents is 1. The van der Waals surface area contributed by atoms with E-state index in [4.69, 9.17) is 0 Å². The highest BCUT2D eigenvalue weighted by molar-refractivity contribution is 5.80. The highest BCUT2D eigenvalue weighted by Crippen LogP contribution is 2.20. The number of aryl methyl sites for hydroxylation is 1. The Balaban J connectivity index is 1.95. The van der Waals surface area contributed by atoms with Crippen molar-refractivity contribution < 1.29 is 14.8 Å². The van der Waals surface area contributed by atoms with Gasteiger partial charge < -0.3 is 10.0 Å². The van der Waals surface area contributed by atoms with Crippen molar-refractivity contribution in [1.82, 2.24) is 9.80 Å². The Morgan fingerprint density at radius 1 is 1.36 bits per heavy atom. The van der Waals surface area contributed by atoms with Gasteiger partial charge >= 0.3 is 0 Å². The summed E-state index contributed by atoms with van der Waals surface area (Å²) in [4.78, 5) is 26.1. The van der Waals surface area contributed by atoms with Gasteiger partial charge in [-0.2, -0.15) is 0 Å². The predicted octanol–water partition coefficient (Wildman–Crippen LogP) is 0.928. The number of rotatable bonds is 4. The molecule has 120 valence electrons. The minimum absolute atomic E-state index is 0.139. The molecule has 1 amide bonds. The Kier molecular flexibility index (Phi) is 5.10. The van der Waals surface area contributed by atoms with E-state index in [1.54, 1.807) is 24.0 Å². The second-order valence-corrected chi connectivity index (χ2v) is 5.66. The molecule has 1 atom stereocenters. The summed E-state index contributed by atoms with van der Waals surface area (Å²) >= 11 is 0. The minimum atomic E-state index is -0.966. The fourth-order valence-corrected chi connectivity index (χ4v) is 2.60. The van der Waals surface area contributed by atoms with Crippen LogP contribution in [0.25, 0.3) is 0 Å². The highest BCUT2D eigenvalue weighted by Gasteiger charge is 2.24. The Morgan fingerprint density at radius 2 is 2.00 bits per heavy atom. The van der Waals surface area contributed by atoms with Crippen molar-refractivity contribution in [2.75, 3.05) is 26.2 Å². The number of piperazine rings is 1. The normalized spacial score (nSPS) is 17.3. The van der Waals surface area contributed by atoms with Crippen LogP contribution in [0.3, 0.4) is 0 Å². The van der Waals surface area contributed by atoms with Crippen molar-refractivity contribution in [2.24, 2.45) is 0 Å². The number of benzene rings is 1. The third-order valence-electron chi connectivity index (χ3n) is 3.92. The fourth-order valence-electron chi connectivity index (χ4n) is 2.60. The van der Waals surface area contributed by atoms with Gasteiger partial charge in [0.25, 0.3) is 11.6 Å². The molecule has 1 fully saturated rings. The van der Waals surface area contributed by atoms with Gasteiger partial charge in [0.05, 0.1) is 4.92 Å². The molecule has 1 aromatic carbocycles. The fraction of sp³-hybridized carbons (Fsp3) is 0.533. The number of aliphatic hydroxyl groups is 1. The van der Waals surface area contributed by atoms with Crippen LogP contribution >= 0.6 is 0 Å². The van der Waals surface area contributed by atoms with Gasteiger partial charge in [-0.25, -0.2) is 0 Å². The quantitative estimate of drug-likeness (QED) is 0.660. The molecule has 1 heterocycles. The van der Waals surface area contributed by atoms with Crippen molar-refractivity contribution in [1.29, 1.82) is 0 Å². The molecule has 1 aromatic rings. The Labute approximate surface area is 129 Å². The molecule has 1 unspecified atom stereocenters. The van der Waals surface area contributed by atoms with Crippen molar-refractivity contribution in [2.45, 2.75) is 26.5 Å². The number of nitro groups is 1. The monoisotopic (exact) mass is 307 g/mol. The number of hydrogen-bond donors (Lipinski definition) is 1. The van der Waals surface area contributed by atoms with Gasteiger partial charge in [0, 0.05) is 44.4 Å². The van der Waals surface area contributed by atoms with E-state index < -0.39 is 6.10 Å². The first-order chi connectivity index (χ1) is 10.4. The maximum atomic E-state index is 11.7. The first-order valence-electron chi connectivity index (χ1n) is 7.31. The molecule has 0 bridgehead atoms. The van der Waals surface area contributed by atoms with Gasteiger partial charge in [-0.3, -0.25) is 19.8 Å². The van der Waals surface area contributed by atoms with Crippen LogP contribution in [0.5, 0.6) is 0 Å². The standard InChI is InChI=1S/C15H21N3O4/c1-11-3-4-13(9-14(11)18(21)22)10-16-5-7-17(8-6-16)15(20)12(2)19/h3-4,9,12,19H,5-8,10H2,1-2H3. The smallest absolute Gasteiger partial charge is 0.272 e. The first kappa shape index (κ1) is 16.4. The first-order valence-corrected chi connectivity index (χ1v) is 7.31. The van der Waals surface area contributed by atoms with Crippen molar-refractivity contribution in [3.63, 3.8) is 0 Å². The highest BCUT2D eigenvalue weighted by atomic mass is 16.6. The van der Waals surface area contributed by atoms with Gasteiger partial charge in [-0.15, -0.1) is 0 Å². The van der Waals surface area contributed by atoms with Gasteiger partial charge in [-0.05, 0) is 19.4 Å². The van der Waals surface area contributed by atoms with E-state index in [0.717, 1.165) is 5.56 Å². The van der Waals surface area contributed by atoms with Gasteiger partial charge in [0.2, 0.25) is 0 Å². The van der Waals surface area contributed by atoms with Crippen LogP contribution in [0.2, 0.25) is 0 Å². The molecule has 0 spiro atoms. The van der Waals surface area contributed by atoms with Crippen LogP contribution < -0.4 is 0 Å². The average Bonchev–Trinajstić information content (AvgIpc) is 2.49. The number of hydrogen-bond acceptors (Lipinski definition) is 5. The summed E-state index contributed by atoms with van der Waals surface area (Å²) in [7, 11) is 0. The number of aliphatic hydroxyl groups excluding tert-OH is 1. The molecule has 2 rings (SSSR count). The zero-order chi connectivity index (χ0) is 16.3. The number of nitrogens with zero attached hydrogens (tertiary/aromatic N) is 3. The molecule has 7 nitrogen and oxygen atoms in total. The molecule has 1 aliphatic heterocycles. The molecular weight excluding hydrogens is 286 g/mol. The average molecular weight is 307 g/mol. The second kappa shape index (κ2) is 6.85. The third-order valence-corrected chi connectivity index (χ3v) is 3.92. The molecule has 1 N–H and O–H groups in total. The van der Waals surface area contributed by atoms with E-state index in [9.17, 15) is 20.0 Å². The van der Waals surface area contributed by atoms with Crippen molar-refractivity contribution in [3.05, 3.63) is 39.4 Å². The lowest BCUT2D eigenvalue weighted by Gasteiger charge is -2.35. The second-order valence-electron chi connectivity index (χ2n) is 5.66. The van der Waals surface area contributed by atoms with Crippen LogP contribution in [-0.4, -0.2) is 58.0 Å². The van der Waals surface area contributed by atoms with Crippen LogP contribution in [0.15, 0.2) is 18.2 Å². The Morgan fingerprint density at radius 3 is 2.55 bits per heavy atom. The van der Waals surface area contributed by atoms with Crippen LogP contribution in [0.4, 0.5) is 5.69 Å². The van der Waals surface area contributed by atoms with Crippen molar-refractivity contribution >= 4 is 11.6 Å². The summed E-state index contributed by atoms with van der Waals surface area (Å²) in [5.74, 6) is -0.245. The Hall–Kier alpha value is -1.99. The van der Waals surface area contributed by atoms with E-state index in [2.05, 4.69) is 4.90 Å². The summed E-state index contributed by atoms with van der Waals surface area (Å²) in [6.45, 7) is 6.34. The molecule has 22 heavy (non-hydrogen) atoms. The SMILES string of the molecule is Cc1ccc(CN2CCN(C(=O)C(C)O)CC2)cc1[N+](=O)[O-]. The molecule has 0 aliphatic carbocycles. The Bertz CT molecular complexity index is 566. The minimum Gasteiger partial charge on any atom is -0.384 e. The molecular formula is C15H21N3O4. The summed E-state index contributed by atoms with van der Waals surface area (Å²) in [5, 5.41) is 20.3. The molecule has 1 saturated heterocycles. The van der Waals surface area contributed by atoms with Gasteiger partial charge in [-0.1, -0.05) is 12.1 Å². The number of carbonyl (C=O) groups excluding carboxylic acids is 1. The van der Waals surface area contributed by atoms with Crippen LogP contribution in [0.1, 0.15) is 18.1 Å². The summed E-state index contributed by atoms with van der Waals surface area (Å²) in [6, 6.07) is 5.28. The molecule has 0 saturated carbocycles.